The van der Waals surface area contributed by atoms with Crippen LogP contribution < -0.4 is 5.56 Å². The fraction of sp³-hybridized carbons (Fsp3) is 0.273. The monoisotopic (exact) mass is 242 g/mol. The van der Waals surface area contributed by atoms with Gasteiger partial charge in [0.15, 0.2) is 11.5 Å². The average molecular weight is 242 g/mol. The van der Waals surface area contributed by atoms with Crippen molar-refractivity contribution in [1.82, 2.24) is 29.7 Å². The molecule has 1 aliphatic rings. The Morgan fingerprint density at radius 1 is 1.22 bits per heavy atom. The van der Waals surface area contributed by atoms with Crippen LogP contribution in [0.1, 0.15) is 17.7 Å². The topological polar surface area (TPSA) is 92.2 Å². The molecule has 0 bridgehead atoms. The van der Waals surface area contributed by atoms with Gasteiger partial charge in [-0.25, -0.2) is 15.0 Å². The predicted molar refractivity (Wildman–Crippen MR) is 63.7 cm³/mol. The van der Waals surface area contributed by atoms with Gasteiger partial charge >= 0.3 is 0 Å². The molecule has 0 aliphatic heterocycles. The molecule has 0 saturated heterocycles. The Kier molecular flexibility index (Phi) is 1.75. The van der Waals surface area contributed by atoms with E-state index >= 15 is 0 Å². The molecule has 0 spiro atoms. The number of aromatic nitrogens is 6. The van der Waals surface area contributed by atoms with Crippen molar-refractivity contribution in [3.05, 3.63) is 34.3 Å². The van der Waals surface area contributed by atoms with Gasteiger partial charge < -0.3 is 4.98 Å². The lowest BCUT2D eigenvalue weighted by molar-refractivity contribution is 0.765. The van der Waals surface area contributed by atoms with Crippen LogP contribution in [0.25, 0.3) is 17.0 Å². The third-order valence-electron chi connectivity index (χ3n) is 3.34. The van der Waals surface area contributed by atoms with Crippen LogP contribution in [0, 0.1) is 0 Å². The Hall–Kier alpha value is -2.44. The van der Waals surface area contributed by atoms with E-state index in [4.69, 9.17) is 0 Å². The second kappa shape index (κ2) is 3.28. The summed E-state index contributed by atoms with van der Waals surface area (Å²) in [6.45, 7) is 0. The van der Waals surface area contributed by atoms with Gasteiger partial charge in [-0.15, -0.1) is 0 Å². The van der Waals surface area contributed by atoms with Crippen molar-refractivity contribution in [1.29, 1.82) is 0 Å². The van der Waals surface area contributed by atoms with E-state index in [2.05, 4.69) is 25.0 Å². The number of imidazole rings is 1. The highest BCUT2D eigenvalue weighted by Gasteiger charge is 2.21. The quantitative estimate of drug-likeness (QED) is 0.642. The second-order valence-corrected chi connectivity index (χ2v) is 4.36. The van der Waals surface area contributed by atoms with Crippen molar-refractivity contribution < 1.29 is 0 Å². The highest BCUT2D eigenvalue weighted by atomic mass is 16.1. The van der Waals surface area contributed by atoms with E-state index in [0.717, 1.165) is 30.5 Å². The van der Waals surface area contributed by atoms with Crippen molar-refractivity contribution in [3.8, 4) is 5.82 Å². The normalized spacial score (nSPS) is 14.2. The zero-order chi connectivity index (χ0) is 12.1. The molecule has 7 heteroatoms. The summed E-state index contributed by atoms with van der Waals surface area (Å²) >= 11 is 0. The second-order valence-electron chi connectivity index (χ2n) is 4.36. The fourth-order valence-corrected chi connectivity index (χ4v) is 2.49. The van der Waals surface area contributed by atoms with Gasteiger partial charge in [-0.1, -0.05) is 0 Å². The van der Waals surface area contributed by atoms with Crippen LogP contribution >= 0.6 is 0 Å². The minimum Gasteiger partial charge on any atom is -0.340 e. The number of aromatic amines is 2. The summed E-state index contributed by atoms with van der Waals surface area (Å²) in [6.07, 6.45) is 5.77. The Balaban J connectivity index is 2.03. The van der Waals surface area contributed by atoms with Gasteiger partial charge in [-0.3, -0.25) is 9.89 Å². The van der Waals surface area contributed by atoms with E-state index in [0.29, 0.717) is 17.0 Å². The molecule has 0 fully saturated rings. The highest BCUT2D eigenvalue weighted by molar-refractivity contribution is 5.77. The maximum absolute atomic E-state index is 12.3. The van der Waals surface area contributed by atoms with E-state index in [1.54, 1.807) is 6.33 Å². The van der Waals surface area contributed by atoms with Gasteiger partial charge in [0.25, 0.3) is 5.56 Å². The first-order chi connectivity index (χ1) is 8.84. The Morgan fingerprint density at radius 3 is 3.06 bits per heavy atom. The van der Waals surface area contributed by atoms with Gasteiger partial charge in [0, 0.05) is 11.3 Å². The molecule has 4 rings (SSSR count). The maximum atomic E-state index is 12.3. The third-order valence-corrected chi connectivity index (χ3v) is 3.34. The molecule has 7 nitrogen and oxygen atoms in total. The van der Waals surface area contributed by atoms with Gasteiger partial charge in [-0.2, -0.15) is 4.68 Å². The fourth-order valence-electron chi connectivity index (χ4n) is 2.49. The summed E-state index contributed by atoms with van der Waals surface area (Å²) in [7, 11) is 0. The van der Waals surface area contributed by atoms with Crippen LogP contribution in [0.2, 0.25) is 0 Å². The number of fused-ring (bicyclic) bond motifs is 2. The number of hydrogen-bond acceptors (Lipinski definition) is 4. The SMILES string of the molecule is O=c1c2c([nH]n1-c1ncnc3nc[nH]c13)CCC2. The molecule has 0 aromatic carbocycles. The van der Waals surface area contributed by atoms with Crippen LogP contribution in [-0.2, 0) is 12.8 Å². The van der Waals surface area contributed by atoms with Gasteiger partial charge in [0.2, 0.25) is 0 Å². The maximum Gasteiger partial charge on any atom is 0.276 e. The minimum atomic E-state index is -0.0166. The first kappa shape index (κ1) is 9.58. The van der Waals surface area contributed by atoms with E-state index in [1.807, 2.05) is 0 Å². The highest BCUT2D eigenvalue weighted by Crippen LogP contribution is 2.19. The summed E-state index contributed by atoms with van der Waals surface area (Å²) < 4.78 is 1.48. The number of hydrogen-bond donors (Lipinski definition) is 2. The van der Waals surface area contributed by atoms with E-state index in [9.17, 15) is 4.79 Å². The molecule has 2 N–H and O–H groups in total. The molecule has 0 saturated carbocycles. The Bertz CT molecular complexity index is 795. The predicted octanol–water partition coefficient (Wildman–Crippen LogP) is 0.321. The largest absolute Gasteiger partial charge is 0.340 e. The summed E-state index contributed by atoms with van der Waals surface area (Å²) in [5, 5.41) is 3.13. The number of nitrogens with one attached hydrogen (secondary N) is 2. The number of H-pyrrole nitrogens is 2. The van der Waals surface area contributed by atoms with Crippen molar-refractivity contribution >= 4 is 11.2 Å². The van der Waals surface area contributed by atoms with Crippen molar-refractivity contribution in [2.75, 3.05) is 0 Å². The molecule has 3 aromatic heterocycles. The summed E-state index contributed by atoms with van der Waals surface area (Å²) in [5.74, 6) is 0.525. The third kappa shape index (κ3) is 1.13. The van der Waals surface area contributed by atoms with Crippen LogP contribution in [-0.4, -0.2) is 29.7 Å². The van der Waals surface area contributed by atoms with Crippen molar-refractivity contribution in [2.24, 2.45) is 0 Å². The van der Waals surface area contributed by atoms with Gasteiger partial charge in [0.05, 0.1) is 6.33 Å². The summed E-state index contributed by atoms with van der Waals surface area (Å²) in [4.78, 5) is 27.5. The van der Waals surface area contributed by atoms with Gasteiger partial charge in [-0.05, 0) is 19.3 Å². The van der Waals surface area contributed by atoms with Crippen molar-refractivity contribution in [2.45, 2.75) is 19.3 Å². The van der Waals surface area contributed by atoms with E-state index in [1.165, 1.54) is 11.0 Å². The molecule has 0 radical (unpaired) electrons. The first-order valence-corrected chi connectivity index (χ1v) is 5.82. The van der Waals surface area contributed by atoms with Crippen LogP contribution in [0.3, 0.4) is 0 Å². The van der Waals surface area contributed by atoms with Crippen LogP contribution in [0.4, 0.5) is 0 Å². The van der Waals surface area contributed by atoms with E-state index < -0.39 is 0 Å². The number of aryl methyl sites for hydroxylation is 1. The standard InChI is InChI=1S/C11H10N6O/c18-11-6-2-1-3-7(6)16-17(11)10-8-9(13-4-12-8)14-5-15-10/h4-5,16H,1-3H2,(H,12,13,14,15). The first-order valence-electron chi connectivity index (χ1n) is 5.82. The number of nitrogens with zero attached hydrogens (tertiary/aromatic N) is 4. The van der Waals surface area contributed by atoms with Crippen LogP contribution in [0.5, 0.6) is 0 Å². The molecule has 3 aromatic rings. The molecule has 0 amide bonds. The van der Waals surface area contributed by atoms with E-state index in [-0.39, 0.29) is 5.56 Å². The average Bonchev–Trinajstić information content (AvgIpc) is 3.06. The molecule has 0 atom stereocenters. The summed E-state index contributed by atoms with van der Waals surface area (Å²) in [5.41, 5.74) is 3.10. The molecule has 0 unspecified atom stereocenters. The Morgan fingerprint density at radius 2 is 2.17 bits per heavy atom. The molecular formula is C11H10N6O. The molecule has 90 valence electrons. The zero-order valence-corrected chi connectivity index (χ0v) is 9.47. The Labute approximate surface area is 101 Å². The molecule has 3 heterocycles. The smallest absolute Gasteiger partial charge is 0.276 e. The van der Waals surface area contributed by atoms with Crippen molar-refractivity contribution in [3.63, 3.8) is 0 Å². The summed E-state index contributed by atoms with van der Waals surface area (Å²) in [6, 6.07) is 0. The molecule has 18 heavy (non-hydrogen) atoms. The minimum absolute atomic E-state index is 0.0166. The van der Waals surface area contributed by atoms with Gasteiger partial charge in [0.1, 0.15) is 11.8 Å². The zero-order valence-electron chi connectivity index (χ0n) is 9.47. The lowest BCUT2D eigenvalue weighted by atomic mass is 10.3. The lowest BCUT2D eigenvalue weighted by Gasteiger charge is -2.01. The molecule has 1 aliphatic carbocycles. The lowest BCUT2D eigenvalue weighted by Crippen LogP contribution is -2.18. The van der Waals surface area contributed by atoms with Crippen LogP contribution in [0.15, 0.2) is 17.4 Å². The number of rotatable bonds is 1. The molecular weight excluding hydrogens is 232 g/mol.